The highest BCUT2D eigenvalue weighted by molar-refractivity contribution is 6.36. The minimum absolute atomic E-state index is 0.115. The lowest BCUT2D eigenvalue weighted by Crippen LogP contribution is -2.04. The van der Waals surface area contributed by atoms with Crippen LogP contribution >= 0.6 is 23.2 Å². The fourth-order valence-electron chi connectivity index (χ4n) is 2.03. The number of rotatable bonds is 4. The summed E-state index contributed by atoms with van der Waals surface area (Å²) in [6.07, 6.45) is 1.53. The van der Waals surface area contributed by atoms with Crippen LogP contribution in [0.5, 0.6) is 0 Å². The minimum Gasteiger partial charge on any atom is -0.378 e. The third kappa shape index (κ3) is 3.52. The van der Waals surface area contributed by atoms with E-state index in [9.17, 15) is 0 Å². The number of nitrogen functional groups attached to an aromatic ring is 1. The molecule has 0 saturated carbocycles. The summed E-state index contributed by atoms with van der Waals surface area (Å²) in [5.74, 6) is 0.380. The largest absolute Gasteiger partial charge is 0.378 e. The normalized spacial score (nSPS) is 12.2. The fourth-order valence-corrected chi connectivity index (χ4v) is 2.49. The van der Waals surface area contributed by atoms with Gasteiger partial charge in [-0.25, -0.2) is 4.63 Å². The Morgan fingerprint density at radius 2 is 2.12 bits per heavy atom. The van der Waals surface area contributed by atoms with Gasteiger partial charge in [-0.05, 0) is 36.3 Å². The van der Waals surface area contributed by atoms with E-state index in [1.54, 1.807) is 32.0 Å². The Morgan fingerprint density at radius 1 is 1.32 bits per heavy atom. The molecule has 25 heavy (non-hydrogen) atoms. The fraction of sp³-hybridized carbons (Fsp3) is 0.143. The number of aromatic nitrogens is 5. The van der Waals surface area contributed by atoms with Gasteiger partial charge >= 0.3 is 0 Å². The monoisotopic (exact) mass is 378 g/mol. The first kappa shape index (κ1) is 17.1. The Bertz CT molecular complexity index is 975. The van der Waals surface area contributed by atoms with E-state index < -0.39 is 0 Å². The summed E-state index contributed by atoms with van der Waals surface area (Å²) in [5, 5.41) is 24.4. The lowest BCUT2D eigenvalue weighted by atomic mass is 10.2. The number of anilines is 1. The van der Waals surface area contributed by atoms with Gasteiger partial charge in [0.15, 0.2) is 0 Å². The van der Waals surface area contributed by atoms with Gasteiger partial charge in [0.05, 0.1) is 22.6 Å². The van der Waals surface area contributed by atoms with Crippen molar-refractivity contribution < 1.29 is 4.63 Å². The maximum Gasteiger partial charge on any atom is 0.243 e. The predicted molar refractivity (Wildman–Crippen MR) is 94.6 cm³/mol. The van der Waals surface area contributed by atoms with E-state index in [4.69, 9.17) is 28.9 Å². The van der Waals surface area contributed by atoms with Gasteiger partial charge < -0.3 is 5.73 Å². The highest BCUT2D eigenvalue weighted by atomic mass is 35.5. The summed E-state index contributed by atoms with van der Waals surface area (Å²) < 4.78 is 5.99. The number of benzene rings is 1. The van der Waals surface area contributed by atoms with Crippen LogP contribution in [0.15, 0.2) is 33.0 Å². The van der Waals surface area contributed by atoms with Crippen LogP contribution in [-0.4, -0.2) is 37.2 Å². The molecule has 9 nitrogen and oxygen atoms in total. The van der Waals surface area contributed by atoms with Crippen LogP contribution in [-0.2, 0) is 0 Å². The highest BCUT2D eigenvalue weighted by Gasteiger charge is 2.17. The average molecular weight is 379 g/mol. The molecule has 0 saturated heterocycles. The van der Waals surface area contributed by atoms with E-state index >= 15 is 0 Å². The number of hydrogen-bond acceptors (Lipinski definition) is 8. The van der Waals surface area contributed by atoms with Crippen LogP contribution in [0, 0.1) is 6.92 Å². The zero-order valence-electron chi connectivity index (χ0n) is 13.2. The first-order chi connectivity index (χ1) is 12.0. The zero-order chi connectivity index (χ0) is 18.0. The van der Waals surface area contributed by atoms with Crippen molar-refractivity contribution in [2.75, 3.05) is 5.73 Å². The van der Waals surface area contributed by atoms with E-state index in [1.807, 2.05) is 0 Å². The molecule has 3 aromatic rings. The summed E-state index contributed by atoms with van der Waals surface area (Å²) in [7, 11) is 0. The van der Waals surface area contributed by atoms with Crippen LogP contribution < -0.4 is 5.73 Å². The van der Waals surface area contributed by atoms with Crippen LogP contribution in [0.3, 0.4) is 0 Å². The molecule has 0 aliphatic heterocycles. The molecule has 128 valence electrons. The van der Waals surface area contributed by atoms with Gasteiger partial charge in [-0.1, -0.05) is 34.5 Å². The Morgan fingerprint density at radius 3 is 2.80 bits per heavy atom. The molecule has 0 fully saturated rings. The first-order valence-electron chi connectivity index (χ1n) is 7.01. The van der Waals surface area contributed by atoms with Gasteiger partial charge in [-0.2, -0.15) is 14.9 Å². The third-order valence-electron chi connectivity index (χ3n) is 3.30. The SMILES string of the molecule is CC(=NN=Cc1ccc(Cl)cc1Cl)c1nnn(-c2nonc2N)c1C. The van der Waals surface area contributed by atoms with Crippen LogP contribution in [0.2, 0.25) is 10.0 Å². The van der Waals surface area contributed by atoms with Crippen molar-refractivity contribution in [1.29, 1.82) is 0 Å². The molecule has 11 heteroatoms. The van der Waals surface area contributed by atoms with E-state index in [-0.39, 0.29) is 11.6 Å². The van der Waals surface area contributed by atoms with Crippen molar-refractivity contribution >= 4 is 40.9 Å². The quantitative estimate of drug-likeness (QED) is 0.550. The molecule has 3 rings (SSSR count). The van der Waals surface area contributed by atoms with Crippen molar-refractivity contribution in [2.24, 2.45) is 10.2 Å². The number of hydrogen-bond donors (Lipinski definition) is 1. The molecular formula is C14H12Cl2N8O. The summed E-state index contributed by atoms with van der Waals surface area (Å²) in [6, 6.07) is 5.10. The van der Waals surface area contributed by atoms with Gasteiger partial charge in [0.25, 0.3) is 0 Å². The van der Waals surface area contributed by atoms with Crippen LogP contribution in [0.25, 0.3) is 5.82 Å². The molecule has 0 amide bonds. The van der Waals surface area contributed by atoms with Crippen molar-refractivity contribution in [3.05, 3.63) is 45.2 Å². The highest BCUT2D eigenvalue weighted by Crippen LogP contribution is 2.19. The van der Waals surface area contributed by atoms with Crippen LogP contribution in [0.4, 0.5) is 5.82 Å². The number of halogens is 2. The number of nitrogens with zero attached hydrogens (tertiary/aromatic N) is 7. The van der Waals surface area contributed by atoms with Crippen molar-refractivity contribution in [3.63, 3.8) is 0 Å². The summed E-state index contributed by atoms with van der Waals surface area (Å²) in [5.41, 5.74) is 8.13. The average Bonchev–Trinajstić information content (AvgIpc) is 3.15. The first-order valence-corrected chi connectivity index (χ1v) is 7.76. The molecule has 0 spiro atoms. The minimum atomic E-state index is 0.115. The Hall–Kier alpha value is -2.78. The summed E-state index contributed by atoms with van der Waals surface area (Å²) in [6.45, 7) is 3.55. The Balaban J connectivity index is 1.85. The second-order valence-electron chi connectivity index (χ2n) is 5.00. The van der Waals surface area contributed by atoms with Gasteiger partial charge in [0, 0.05) is 10.6 Å². The lowest BCUT2D eigenvalue weighted by molar-refractivity contribution is 0.306. The van der Waals surface area contributed by atoms with E-state index in [1.165, 1.54) is 10.9 Å². The van der Waals surface area contributed by atoms with E-state index in [0.29, 0.717) is 32.7 Å². The molecular weight excluding hydrogens is 367 g/mol. The third-order valence-corrected chi connectivity index (χ3v) is 3.86. The second kappa shape index (κ2) is 6.99. The molecule has 0 bridgehead atoms. The molecule has 0 unspecified atom stereocenters. The maximum atomic E-state index is 6.08. The van der Waals surface area contributed by atoms with Crippen molar-refractivity contribution in [2.45, 2.75) is 13.8 Å². The summed E-state index contributed by atoms with van der Waals surface area (Å²) in [4.78, 5) is 0. The predicted octanol–water partition coefficient (Wildman–Crippen LogP) is 2.69. The summed E-state index contributed by atoms with van der Waals surface area (Å²) >= 11 is 11.9. The maximum absolute atomic E-state index is 6.08. The molecule has 2 N–H and O–H groups in total. The van der Waals surface area contributed by atoms with E-state index in [0.717, 1.165) is 0 Å². The van der Waals surface area contributed by atoms with E-state index in [2.05, 4.69) is 35.5 Å². The molecule has 0 aliphatic rings. The topological polar surface area (TPSA) is 120 Å². The molecule has 2 heterocycles. The Labute approximate surface area is 152 Å². The van der Waals surface area contributed by atoms with Gasteiger partial charge in [0.2, 0.25) is 11.6 Å². The van der Waals surface area contributed by atoms with Gasteiger partial charge in [-0.15, -0.1) is 5.10 Å². The molecule has 1 aromatic carbocycles. The smallest absolute Gasteiger partial charge is 0.243 e. The van der Waals surface area contributed by atoms with Crippen LogP contribution in [0.1, 0.15) is 23.9 Å². The zero-order valence-corrected chi connectivity index (χ0v) is 14.7. The lowest BCUT2D eigenvalue weighted by Gasteiger charge is -1.99. The van der Waals surface area contributed by atoms with Gasteiger partial charge in [-0.3, -0.25) is 0 Å². The Kier molecular flexibility index (Phi) is 4.77. The van der Waals surface area contributed by atoms with Crippen molar-refractivity contribution in [3.8, 4) is 5.82 Å². The number of nitrogens with two attached hydrogens (primary N) is 1. The molecule has 0 aliphatic carbocycles. The molecule has 2 aromatic heterocycles. The standard InChI is InChI=1S/C14H12Cl2N8O/c1-7(19-18-6-9-3-4-10(15)5-11(9)16)12-8(2)24(23-20-12)14-13(17)21-25-22-14/h3-6H,1-2H3,(H2,17,21). The van der Waals surface area contributed by atoms with Gasteiger partial charge in [0.1, 0.15) is 5.69 Å². The molecule has 0 atom stereocenters. The van der Waals surface area contributed by atoms with Crippen molar-refractivity contribution in [1.82, 2.24) is 25.3 Å². The molecule has 0 radical (unpaired) electrons. The second-order valence-corrected chi connectivity index (χ2v) is 5.85.